The molecule has 0 bridgehead atoms. The predicted molar refractivity (Wildman–Crippen MR) is 75.5 cm³/mol. The van der Waals surface area contributed by atoms with Gasteiger partial charge in [0.05, 0.1) is 17.9 Å². The van der Waals surface area contributed by atoms with Gasteiger partial charge in [0, 0.05) is 18.1 Å². The Morgan fingerprint density at radius 1 is 1.21 bits per heavy atom. The van der Waals surface area contributed by atoms with Crippen LogP contribution in [0.3, 0.4) is 0 Å². The quantitative estimate of drug-likeness (QED) is 0.636. The van der Waals surface area contributed by atoms with E-state index < -0.39 is 0 Å². The Labute approximate surface area is 112 Å². The van der Waals surface area contributed by atoms with Crippen LogP contribution < -0.4 is 11.5 Å². The third kappa shape index (κ3) is 5.54. The second-order valence-corrected chi connectivity index (χ2v) is 3.63. The van der Waals surface area contributed by atoms with Crippen LogP contribution >= 0.6 is 0 Å². The van der Waals surface area contributed by atoms with Gasteiger partial charge in [0.1, 0.15) is 0 Å². The first-order valence-electron chi connectivity index (χ1n) is 5.81. The fourth-order valence-corrected chi connectivity index (χ4v) is 1.26. The zero-order valence-corrected chi connectivity index (χ0v) is 10.7. The minimum absolute atomic E-state index is 0.329. The molecule has 0 aliphatic carbocycles. The van der Waals surface area contributed by atoms with Crippen LogP contribution in [-0.2, 0) is 4.74 Å². The normalized spacial score (nSPS) is 9.11. The highest BCUT2D eigenvalue weighted by Crippen LogP contribution is 2.07. The highest BCUT2D eigenvalue weighted by molar-refractivity contribution is 5.90. The molecule has 2 aromatic rings. The number of rotatable bonds is 2. The molecule has 0 spiro atoms. The topological polar surface area (TPSA) is 91.2 Å². The van der Waals surface area contributed by atoms with E-state index in [9.17, 15) is 4.79 Å². The Hall–Kier alpha value is -2.56. The predicted octanol–water partition coefficient (Wildman–Crippen LogP) is 2.11. The number of ether oxygens (including phenoxy) is 1. The van der Waals surface area contributed by atoms with Gasteiger partial charge in [-0.2, -0.15) is 0 Å². The summed E-state index contributed by atoms with van der Waals surface area (Å²) in [4.78, 5) is 14.9. The van der Waals surface area contributed by atoms with E-state index in [-0.39, 0.29) is 5.97 Å². The van der Waals surface area contributed by atoms with Crippen molar-refractivity contribution < 1.29 is 9.53 Å². The van der Waals surface area contributed by atoms with Crippen LogP contribution in [0.2, 0.25) is 0 Å². The van der Waals surface area contributed by atoms with Gasteiger partial charge in [-0.3, -0.25) is 4.98 Å². The molecule has 0 atom stereocenters. The Bertz CT molecular complexity index is 515. The summed E-state index contributed by atoms with van der Waals surface area (Å²) in [6.45, 7) is 2.15. The molecular weight excluding hydrogens is 242 g/mol. The van der Waals surface area contributed by atoms with E-state index in [2.05, 4.69) is 4.98 Å². The average Bonchev–Trinajstić information content (AvgIpc) is 2.40. The number of carbonyl (C=O) groups excluding carboxylic acids is 1. The van der Waals surface area contributed by atoms with Gasteiger partial charge in [0.25, 0.3) is 0 Å². The van der Waals surface area contributed by atoms with Crippen molar-refractivity contribution in [2.24, 2.45) is 0 Å². The van der Waals surface area contributed by atoms with Crippen LogP contribution in [-0.4, -0.2) is 17.6 Å². The number of aromatic nitrogens is 1. The fourth-order valence-electron chi connectivity index (χ4n) is 1.26. The molecule has 0 aliphatic heterocycles. The molecule has 1 heterocycles. The number of hydrogen-bond donors (Lipinski definition) is 2. The van der Waals surface area contributed by atoms with E-state index in [1.807, 2.05) is 0 Å². The molecule has 19 heavy (non-hydrogen) atoms. The van der Waals surface area contributed by atoms with Gasteiger partial charge in [-0.1, -0.05) is 6.07 Å². The molecule has 5 nitrogen and oxygen atoms in total. The maximum absolute atomic E-state index is 11.1. The Balaban J connectivity index is 0.000000218. The van der Waals surface area contributed by atoms with Crippen molar-refractivity contribution in [1.29, 1.82) is 0 Å². The van der Waals surface area contributed by atoms with E-state index in [4.69, 9.17) is 16.2 Å². The molecule has 4 N–H and O–H groups in total. The Kier molecular flexibility index (Phi) is 5.88. The maximum atomic E-state index is 11.1. The lowest BCUT2D eigenvalue weighted by molar-refractivity contribution is 0.0526. The lowest BCUT2D eigenvalue weighted by atomic mass is 10.2. The third-order valence-electron chi connectivity index (χ3n) is 2.08. The molecule has 5 heteroatoms. The van der Waals surface area contributed by atoms with Crippen LogP contribution in [0.25, 0.3) is 0 Å². The second-order valence-electron chi connectivity index (χ2n) is 3.63. The Morgan fingerprint density at radius 2 is 1.95 bits per heavy atom. The van der Waals surface area contributed by atoms with Crippen LogP contribution in [0, 0.1) is 0 Å². The summed E-state index contributed by atoms with van der Waals surface area (Å²) in [5.41, 5.74) is 12.6. The second kappa shape index (κ2) is 7.71. The number of benzene rings is 1. The summed E-state index contributed by atoms with van der Waals surface area (Å²) in [6.07, 6.45) is 3.30. The molecule has 0 radical (unpaired) electrons. The molecule has 0 unspecified atom stereocenters. The highest BCUT2D eigenvalue weighted by atomic mass is 16.5. The van der Waals surface area contributed by atoms with Crippen LogP contribution in [0.4, 0.5) is 11.4 Å². The lowest BCUT2D eigenvalue weighted by Gasteiger charge is -2.01. The standard InChI is InChI=1S/C9H11NO2.C5H6N2/c1-2-12-9(11)7-4-3-5-8(10)6-7;6-5-2-1-3-7-4-5/h3-6H,2,10H2,1H3;1-4H,6H2. The smallest absolute Gasteiger partial charge is 0.338 e. The number of hydrogen-bond acceptors (Lipinski definition) is 5. The van der Waals surface area contributed by atoms with Crippen LogP contribution in [0.5, 0.6) is 0 Å². The number of nitrogens with two attached hydrogens (primary N) is 2. The van der Waals surface area contributed by atoms with Gasteiger partial charge in [-0.15, -0.1) is 0 Å². The average molecular weight is 259 g/mol. The van der Waals surface area contributed by atoms with Gasteiger partial charge in [0.15, 0.2) is 0 Å². The van der Waals surface area contributed by atoms with Crippen LogP contribution in [0.15, 0.2) is 48.8 Å². The summed E-state index contributed by atoms with van der Waals surface area (Å²) in [5.74, 6) is -0.329. The molecule has 2 rings (SSSR count). The largest absolute Gasteiger partial charge is 0.462 e. The van der Waals surface area contributed by atoms with Gasteiger partial charge < -0.3 is 16.2 Å². The van der Waals surface area contributed by atoms with E-state index in [1.165, 1.54) is 0 Å². The molecule has 100 valence electrons. The lowest BCUT2D eigenvalue weighted by Crippen LogP contribution is -2.04. The summed E-state index contributed by atoms with van der Waals surface area (Å²) in [6, 6.07) is 10.3. The molecule has 0 amide bonds. The first-order chi connectivity index (χ1) is 9.13. The van der Waals surface area contributed by atoms with Crippen molar-refractivity contribution in [2.45, 2.75) is 6.92 Å². The molecule has 0 saturated carbocycles. The fraction of sp³-hybridized carbons (Fsp3) is 0.143. The molecule has 0 saturated heterocycles. The molecular formula is C14H17N3O2. The van der Waals surface area contributed by atoms with Crippen molar-refractivity contribution in [3.05, 3.63) is 54.4 Å². The third-order valence-corrected chi connectivity index (χ3v) is 2.08. The van der Waals surface area contributed by atoms with Crippen molar-refractivity contribution in [3.63, 3.8) is 0 Å². The van der Waals surface area contributed by atoms with E-state index in [0.29, 0.717) is 23.5 Å². The van der Waals surface area contributed by atoms with Crippen molar-refractivity contribution in [3.8, 4) is 0 Å². The van der Waals surface area contributed by atoms with Crippen molar-refractivity contribution >= 4 is 17.3 Å². The number of nitrogen functional groups attached to an aromatic ring is 2. The zero-order valence-electron chi connectivity index (χ0n) is 10.7. The van der Waals surface area contributed by atoms with Gasteiger partial charge in [-0.25, -0.2) is 4.79 Å². The van der Waals surface area contributed by atoms with E-state index in [1.54, 1.807) is 55.7 Å². The number of nitrogens with zero attached hydrogens (tertiary/aromatic N) is 1. The minimum Gasteiger partial charge on any atom is -0.462 e. The Morgan fingerprint density at radius 3 is 2.42 bits per heavy atom. The monoisotopic (exact) mass is 259 g/mol. The number of carbonyl (C=O) groups is 1. The molecule has 1 aromatic heterocycles. The highest BCUT2D eigenvalue weighted by Gasteiger charge is 2.04. The molecule has 1 aromatic carbocycles. The maximum Gasteiger partial charge on any atom is 0.338 e. The van der Waals surface area contributed by atoms with Gasteiger partial charge >= 0.3 is 5.97 Å². The van der Waals surface area contributed by atoms with Crippen molar-refractivity contribution in [2.75, 3.05) is 18.1 Å². The minimum atomic E-state index is -0.329. The van der Waals surface area contributed by atoms with Gasteiger partial charge in [0.2, 0.25) is 0 Å². The zero-order chi connectivity index (χ0) is 14.1. The summed E-state index contributed by atoms with van der Waals surface area (Å²) < 4.78 is 4.79. The van der Waals surface area contributed by atoms with E-state index >= 15 is 0 Å². The van der Waals surface area contributed by atoms with Crippen LogP contribution in [0.1, 0.15) is 17.3 Å². The molecule has 0 aliphatic rings. The van der Waals surface area contributed by atoms with E-state index in [0.717, 1.165) is 0 Å². The first-order valence-corrected chi connectivity index (χ1v) is 5.81. The SMILES string of the molecule is CCOC(=O)c1cccc(N)c1.Nc1cccnc1. The van der Waals surface area contributed by atoms with Crippen molar-refractivity contribution in [1.82, 2.24) is 4.98 Å². The molecule has 0 fully saturated rings. The summed E-state index contributed by atoms with van der Waals surface area (Å²) >= 11 is 0. The number of esters is 1. The number of anilines is 2. The van der Waals surface area contributed by atoms with Gasteiger partial charge in [-0.05, 0) is 37.3 Å². The summed E-state index contributed by atoms with van der Waals surface area (Å²) in [7, 11) is 0. The number of pyridine rings is 1. The summed E-state index contributed by atoms with van der Waals surface area (Å²) in [5, 5.41) is 0. The first kappa shape index (κ1) is 14.5.